The van der Waals surface area contributed by atoms with Crippen LogP contribution in [-0.4, -0.2) is 5.11 Å². The highest BCUT2D eigenvalue weighted by Crippen LogP contribution is 2.28. The van der Waals surface area contributed by atoms with E-state index in [9.17, 15) is 5.11 Å². The first-order valence-corrected chi connectivity index (χ1v) is 8.63. The highest BCUT2D eigenvalue weighted by atomic mass is 79.9. The molecule has 1 atom stereocenters. The maximum absolute atomic E-state index is 10.6. The van der Waals surface area contributed by atoms with Crippen molar-refractivity contribution in [1.29, 1.82) is 0 Å². The number of hydrogen-bond acceptors (Lipinski definition) is 2. The molecule has 3 heteroatoms. The maximum Gasteiger partial charge on any atom is 0.119 e. The molecule has 0 bridgehead atoms. The Morgan fingerprint density at radius 3 is 2.38 bits per heavy atom. The van der Waals surface area contributed by atoms with Crippen molar-refractivity contribution in [2.75, 3.05) is 0 Å². The minimum Gasteiger partial charge on any atom is -0.489 e. The summed E-state index contributed by atoms with van der Waals surface area (Å²) in [4.78, 5) is 0. The van der Waals surface area contributed by atoms with Crippen LogP contribution in [0, 0.1) is 6.92 Å². The van der Waals surface area contributed by atoms with E-state index < -0.39 is 6.10 Å². The number of rotatable bonds is 5. The SMILES string of the molecule is Cc1ccc(Br)cc1C(O)c1ccc(OCc2ccccc2)cc1. The summed E-state index contributed by atoms with van der Waals surface area (Å²) in [5.74, 6) is 0.792. The van der Waals surface area contributed by atoms with Gasteiger partial charge in [0, 0.05) is 4.47 Å². The second kappa shape index (κ2) is 7.65. The van der Waals surface area contributed by atoms with E-state index in [4.69, 9.17) is 4.74 Å². The van der Waals surface area contributed by atoms with Crippen LogP contribution in [0.25, 0.3) is 0 Å². The number of aryl methyl sites for hydroxylation is 1. The standard InChI is InChI=1S/C21H19BrO2/c1-15-7-10-18(22)13-20(15)21(23)17-8-11-19(12-9-17)24-14-16-5-3-2-4-6-16/h2-13,21,23H,14H2,1H3. The minimum atomic E-state index is -0.648. The van der Waals surface area contributed by atoms with Crippen molar-refractivity contribution < 1.29 is 9.84 Å². The monoisotopic (exact) mass is 382 g/mol. The Balaban J connectivity index is 1.71. The van der Waals surface area contributed by atoms with Gasteiger partial charge in [0.15, 0.2) is 0 Å². The van der Waals surface area contributed by atoms with E-state index in [2.05, 4.69) is 15.9 Å². The molecule has 0 aliphatic carbocycles. The highest BCUT2D eigenvalue weighted by Gasteiger charge is 2.13. The fourth-order valence-electron chi connectivity index (χ4n) is 2.57. The second-order valence-corrected chi connectivity index (χ2v) is 6.66. The van der Waals surface area contributed by atoms with E-state index in [0.29, 0.717) is 6.61 Å². The lowest BCUT2D eigenvalue weighted by Crippen LogP contribution is -2.02. The van der Waals surface area contributed by atoms with Gasteiger partial charge in [0.05, 0.1) is 0 Å². The molecule has 0 aliphatic rings. The Hall–Kier alpha value is -2.10. The van der Waals surface area contributed by atoms with Gasteiger partial charge in [0.25, 0.3) is 0 Å². The van der Waals surface area contributed by atoms with Crippen molar-refractivity contribution >= 4 is 15.9 Å². The van der Waals surface area contributed by atoms with E-state index in [1.54, 1.807) is 0 Å². The summed E-state index contributed by atoms with van der Waals surface area (Å²) in [6, 6.07) is 23.6. The van der Waals surface area contributed by atoms with Crippen LogP contribution in [-0.2, 0) is 6.61 Å². The quantitative estimate of drug-likeness (QED) is 0.638. The third-order valence-electron chi connectivity index (χ3n) is 3.98. The molecule has 122 valence electrons. The molecular weight excluding hydrogens is 364 g/mol. The van der Waals surface area contributed by atoms with Crippen molar-refractivity contribution in [3.63, 3.8) is 0 Å². The topological polar surface area (TPSA) is 29.5 Å². The zero-order chi connectivity index (χ0) is 16.9. The van der Waals surface area contributed by atoms with Crippen molar-refractivity contribution in [3.05, 3.63) is 99.5 Å². The fraction of sp³-hybridized carbons (Fsp3) is 0.143. The summed E-state index contributed by atoms with van der Waals surface area (Å²) in [5.41, 5.74) is 3.95. The van der Waals surface area contributed by atoms with Crippen LogP contribution in [0.2, 0.25) is 0 Å². The van der Waals surface area contributed by atoms with E-state index in [-0.39, 0.29) is 0 Å². The summed E-state index contributed by atoms with van der Waals surface area (Å²) in [6.45, 7) is 2.54. The van der Waals surface area contributed by atoms with Crippen LogP contribution < -0.4 is 4.74 Å². The molecule has 0 heterocycles. The van der Waals surface area contributed by atoms with Crippen LogP contribution in [0.4, 0.5) is 0 Å². The van der Waals surface area contributed by atoms with Crippen molar-refractivity contribution in [3.8, 4) is 5.75 Å². The molecule has 0 amide bonds. The highest BCUT2D eigenvalue weighted by molar-refractivity contribution is 9.10. The average molecular weight is 383 g/mol. The Kier molecular flexibility index (Phi) is 5.34. The van der Waals surface area contributed by atoms with Gasteiger partial charge in [-0.3, -0.25) is 0 Å². The smallest absolute Gasteiger partial charge is 0.119 e. The van der Waals surface area contributed by atoms with Gasteiger partial charge < -0.3 is 9.84 Å². The predicted octanol–water partition coefficient (Wildman–Crippen LogP) is 5.42. The Labute approximate surface area is 150 Å². The zero-order valence-corrected chi connectivity index (χ0v) is 15.0. The molecule has 24 heavy (non-hydrogen) atoms. The summed E-state index contributed by atoms with van der Waals surface area (Å²) in [5, 5.41) is 10.6. The van der Waals surface area contributed by atoms with Gasteiger partial charge in [-0.05, 0) is 53.4 Å². The van der Waals surface area contributed by atoms with E-state index in [1.165, 1.54) is 0 Å². The van der Waals surface area contributed by atoms with Crippen LogP contribution in [0.5, 0.6) is 5.75 Å². The van der Waals surface area contributed by atoms with Crippen molar-refractivity contribution in [2.45, 2.75) is 19.6 Å². The van der Waals surface area contributed by atoms with Gasteiger partial charge >= 0.3 is 0 Å². The molecule has 0 aromatic heterocycles. The summed E-state index contributed by atoms with van der Waals surface area (Å²) in [6.07, 6.45) is -0.648. The minimum absolute atomic E-state index is 0.535. The van der Waals surface area contributed by atoms with Gasteiger partial charge in [-0.2, -0.15) is 0 Å². The number of benzene rings is 3. The molecule has 0 fully saturated rings. The molecule has 0 saturated heterocycles. The van der Waals surface area contributed by atoms with Gasteiger partial charge in [-0.1, -0.05) is 64.5 Å². The van der Waals surface area contributed by atoms with Crippen LogP contribution in [0.1, 0.15) is 28.4 Å². The number of hydrogen-bond donors (Lipinski definition) is 1. The number of ether oxygens (including phenoxy) is 1. The zero-order valence-electron chi connectivity index (χ0n) is 13.4. The normalized spacial score (nSPS) is 12.0. The molecule has 0 aliphatic heterocycles. The lowest BCUT2D eigenvalue weighted by Gasteiger charge is -2.15. The lowest BCUT2D eigenvalue weighted by atomic mass is 9.97. The number of halogens is 1. The van der Waals surface area contributed by atoms with E-state index in [1.807, 2.05) is 79.7 Å². The largest absolute Gasteiger partial charge is 0.489 e. The lowest BCUT2D eigenvalue weighted by molar-refractivity contribution is 0.219. The molecule has 1 N–H and O–H groups in total. The second-order valence-electron chi connectivity index (χ2n) is 5.75. The predicted molar refractivity (Wildman–Crippen MR) is 100 cm³/mol. The van der Waals surface area contributed by atoms with Gasteiger partial charge in [0.2, 0.25) is 0 Å². The molecular formula is C21H19BrO2. The summed E-state index contributed by atoms with van der Waals surface area (Å²) in [7, 11) is 0. The van der Waals surface area contributed by atoms with Crippen LogP contribution in [0.15, 0.2) is 77.3 Å². The Morgan fingerprint density at radius 2 is 1.67 bits per heavy atom. The summed E-state index contributed by atoms with van der Waals surface area (Å²) < 4.78 is 6.75. The first-order valence-electron chi connectivity index (χ1n) is 7.84. The number of aliphatic hydroxyl groups excluding tert-OH is 1. The first-order chi connectivity index (χ1) is 11.6. The van der Waals surface area contributed by atoms with Crippen molar-refractivity contribution in [1.82, 2.24) is 0 Å². The van der Waals surface area contributed by atoms with Gasteiger partial charge in [0.1, 0.15) is 18.5 Å². The first kappa shape index (κ1) is 16.7. The third-order valence-corrected chi connectivity index (χ3v) is 4.47. The average Bonchev–Trinajstić information content (AvgIpc) is 2.63. The Morgan fingerprint density at radius 1 is 0.958 bits per heavy atom. The Bertz CT molecular complexity index is 798. The van der Waals surface area contributed by atoms with Gasteiger partial charge in [-0.25, -0.2) is 0 Å². The van der Waals surface area contributed by atoms with Crippen molar-refractivity contribution in [2.24, 2.45) is 0 Å². The molecule has 3 rings (SSSR count). The van der Waals surface area contributed by atoms with E-state index in [0.717, 1.165) is 32.5 Å². The van der Waals surface area contributed by atoms with Crippen LogP contribution in [0.3, 0.4) is 0 Å². The van der Waals surface area contributed by atoms with Crippen LogP contribution >= 0.6 is 15.9 Å². The molecule has 0 spiro atoms. The fourth-order valence-corrected chi connectivity index (χ4v) is 2.95. The molecule has 3 aromatic carbocycles. The third kappa shape index (κ3) is 4.05. The van der Waals surface area contributed by atoms with Gasteiger partial charge in [-0.15, -0.1) is 0 Å². The van der Waals surface area contributed by atoms with E-state index >= 15 is 0 Å². The molecule has 3 aromatic rings. The molecule has 0 radical (unpaired) electrons. The molecule has 1 unspecified atom stereocenters. The summed E-state index contributed by atoms with van der Waals surface area (Å²) >= 11 is 3.46. The molecule has 2 nitrogen and oxygen atoms in total. The maximum atomic E-state index is 10.6. The number of aliphatic hydroxyl groups is 1. The molecule has 0 saturated carbocycles.